The first-order valence-electron chi connectivity index (χ1n) is 2.44. The predicted molar refractivity (Wildman–Crippen MR) is 40.5 cm³/mol. The summed E-state index contributed by atoms with van der Waals surface area (Å²) < 4.78 is 25.1. The highest BCUT2D eigenvalue weighted by molar-refractivity contribution is 7.86. The minimum atomic E-state index is -3.49. The van der Waals surface area contributed by atoms with Crippen molar-refractivity contribution in [1.29, 1.82) is 0 Å². The Morgan fingerprint density at radius 3 is 2.60 bits per heavy atom. The van der Waals surface area contributed by atoms with Crippen molar-refractivity contribution in [1.82, 2.24) is 5.48 Å². The maximum absolute atomic E-state index is 10.5. The first kappa shape index (κ1) is 9.60. The zero-order chi connectivity index (χ0) is 8.20. The lowest BCUT2D eigenvalue weighted by Crippen LogP contribution is -2.32. The second-order valence-corrected chi connectivity index (χ2v) is 3.70. The molecule has 0 amide bonds. The molecule has 7 heteroatoms. The molecule has 60 valence electrons. The molecule has 0 atom stereocenters. The average molecular weight is 184 g/mol. The Labute approximate surface area is 64.6 Å². The molecule has 10 heavy (non-hydrogen) atoms. The smallest absolute Gasteiger partial charge is 0.287 e. The lowest BCUT2D eigenvalue weighted by molar-refractivity contribution is 0.269. The minimum absolute atomic E-state index is 0.122. The van der Waals surface area contributed by atoms with E-state index in [0.29, 0.717) is 0 Å². The van der Waals surface area contributed by atoms with E-state index in [1.807, 2.05) is 5.48 Å². The summed E-state index contributed by atoms with van der Waals surface area (Å²) in [4.78, 5) is 0. The number of hydroxylamine groups is 1. The largest absolute Gasteiger partial charge is 0.375 e. The number of hydrogen-bond donors (Lipinski definition) is 2. The van der Waals surface area contributed by atoms with E-state index in [-0.39, 0.29) is 10.9 Å². The predicted octanol–water partition coefficient (Wildman–Crippen LogP) is -0.899. The van der Waals surface area contributed by atoms with Gasteiger partial charge < -0.3 is 5.73 Å². The van der Waals surface area contributed by atoms with Crippen LogP contribution in [0.4, 0.5) is 0 Å². The zero-order valence-corrected chi connectivity index (χ0v) is 6.96. The first-order chi connectivity index (χ1) is 4.48. The molecule has 0 aromatic rings. The molecule has 0 aliphatic rings. The van der Waals surface area contributed by atoms with Crippen LogP contribution in [0.3, 0.4) is 0 Å². The van der Waals surface area contributed by atoms with E-state index in [4.69, 9.17) is 5.73 Å². The molecule has 0 spiro atoms. The van der Waals surface area contributed by atoms with Gasteiger partial charge in [-0.25, -0.2) is 5.48 Å². The number of rotatable bonds is 3. The lowest BCUT2D eigenvalue weighted by atomic mass is 11.0. The molecule has 0 bridgehead atoms. The Morgan fingerprint density at radius 2 is 2.30 bits per heavy atom. The molecule has 0 saturated carbocycles. The van der Waals surface area contributed by atoms with Crippen molar-refractivity contribution in [3.8, 4) is 0 Å². The van der Waals surface area contributed by atoms with Crippen LogP contribution in [-0.2, 0) is 14.4 Å². The Hall–Kier alpha value is -0.400. The van der Waals surface area contributed by atoms with E-state index in [2.05, 4.69) is 16.5 Å². The van der Waals surface area contributed by atoms with E-state index in [9.17, 15) is 8.42 Å². The Bertz CT molecular complexity index is 210. The van der Waals surface area contributed by atoms with Gasteiger partial charge in [0.2, 0.25) is 0 Å². The van der Waals surface area contributed by atoms with Gasteiger partial charge in [-0.15, -0.1) is 4.28 Å². The van der Waals surface area contributed by atoms with Gasteiger partial charge in [0.15, 0.2) is 5.11 Å². The van der Waals surface area contributed by atoms with Crippen LogP contribution in [0.1, 0.15) is 6.92 Å². The fourth-order valence-electron chi connectivity index (χ4n) is 0.163. The van der Waals surface area contributed by atoms with Crippen LogP contribution in [0.2, 0.25) is 0 Å². The Balaban J connectivity index is 3.81. The SMILES string of the molecule is CCS(=O)(=O)ONC(N)=S. The second kappa shape index (κ2) is 3.69. The average Bonchev–Trinajstić information content (AvgIpc) is 1.85. The van der Waals surface area contributed by atoms with Crippen molar-refractivity contribution in [2.24, 2.45) is 5.73 Å². The first-order valence-corrected chi connectivity index (χ1v) is 4.43. The third-order valence-corrected chi connectivity index (χ3v) is 1.75. The van der Waals surface area contributed by atoms with E-state index < -0.39 is 10.1 Å². The normalized spacial score (nSPS) is 10.9. The highest BCUT2D eigenvalue weighted by atomic mass is 32.2. The summed E-state index contributed by atoms with van der Waals surface area (Å²) in [5.41, 5.74) is 6.74. The van der Waals surface area contributed by atoms with Crippen LogP contribution >= 0.6 is 12.2 Å². The van der Waals surface area contributed by atoms with Crippen LogP contribution in [0.25, 0.3) is 0 Å². The summed E-state index contributed by atoms with van der Waals surface area (Å²) in [6.07, 6.45) is 0. The quantitative estimate of drug-likeness (QED) is 0.437. The highest BCUT2D eigenvalue weighted by Gasteiger charge is 2.06. The molecule has 3 N–H and O–H groups in total. The van der Waals surface area contributed by atoms with Crippen LogP contribution in [-0.4, -0.2) is 19.3 Å². The van der Waals surface area contributed by atoms with Crippen LogP contribution in [0.15, 0.2) is 0 Å². The molecule has 0 saturated heterocycles. The van der Waals surface area contributed by atoms with Gasteiger partial charge in [-0.05, 0) is 19.1 Å². The summed E-state index contributed by atoms with van der Waals surface area (Å²) in [5, 5.41) is -0.211. The number of hydrogen-bond acceptors (Lipinski definition) is 4. The number of thiocarbonyl (C=S) groups is 1. The van der Waals surface area contributed by atoms with Gasteiger partial charge in [-0.1, -0.05) is 0 Å². The maximum Gasteiger partial charge on any atom is 0.287 e. The third kappa shape index (κ3) is 4.48. The summed E-state index contributed by atoms with van der Waals surface area (Å²) in [7, 11) is -3.49. The molecule has 0 aromatic carbocycles. The van der Waals surface area contributed by atoms with Gasteiger partial charge >= 0.3 is 0 Å². The summed E-state index contributed by atoms with van der Waals surface area (Å²) in [6.45, 7) is 1.44. The molecule has 0 rings (SSSR count). The molecule has 0 unspecified atom stereocenters. The third-order valence-electron chi connectivity index (χ3n) is 0.623. The van der Waals surface area contributed by atoms with Crippen LogP contribution in [0, 0.1) is 0 Å². The number of nitrogens with one attached hydrogen (secondary N) is 1. The van der Waals surface area contributed by atoms with Crippen molar-refractivity contribution in [2.45, 2.75) is 6.92 Å². The molecule has 0 heterocycles. The van der Waals surface area contributed by atoms with Crippen molar-refractivity contribution >= 4 is 27.4 Å². The van der Waals surface area contributed by atoms with Gasteiger partial charge in [-0.2, -0.15) is 8.42 Å². The van der Waals surface area contributed by atoms with Crippen molar-refractivity contribution < 1.29 is 12.7 Å². The minimum Gasteiger partial charge on any atom is -0.375 e. The molecule has 5 nitrogen and oxygen atoms in total. The van der Waals surface area contributed by atoms with Gasteiger partial charge in [0.1, 0.15) is 0 Å². The number of nitrogens with two attached hydrogens (primary N) is 1. The lowest BCUT2D eigenvalue weighted by Gasteiger charge is -2.01. The van der Waals surface area contributed by atoms with E-state index in [1.54, 1.807) is 0 Å². The Morgan fingerprint density at radius 1 is 1.80 bits per heavy atom. The molecule has 0 radical (unpaired) electrons. The fourth-order valence-corrected chi connectivity index (χ4v) is 0.592. The molecule has 0 aromatic heterocycles. The zero-order valence-electron chi connectivity index (χ0n) is 5.33. The van der Waals surface area contributed by atoms with E-state index in [1.165, 1.54) is 6.92 Å². The monoisotopic (exact) mass is 184 g/mol. The van der Waals surface area contributed by atoms with Crippen molar-refractivity contribution in [3.05, 3.63) is 0 Å². The summed E-state index contributed by atoms with van der Waals surface area (Å²) >= 11 is 4.29. The molecule has 0 fully saturated rings. The summed E-state index contributed by atoms with van der Waals surface area (Å²) in [6, 6.07) is 0. The molecule has 0 aliphatic heterocycles. The van der Waals surface area contributed by atoms with Gasteiger partial charge in [-0.3, -0.25) is 0 Å². The highest BCUT2D eigenvalue weighted by Crippen LogP contribution is 1.86. The van der Waals surface area contributed by atoms with E-state index in [0.717, 1.165) is 0 Å². The molecular formula is C3H8N2O3S2. The van der Waals surface area contributed by atoms with Gasteiger partial charge in [0.25, 0.3) is 10.1 Å². The van der Waals surface area contributed by atoms with Crippen molar-refractivity contribution in [2.75, 3.05) is 5.75 Å². The maximum atomic E-state index is 10.5. The molecular weight excluding hydrogens is 176 g/mol. The standard InChI is InChI=1S/C3H8N2O3S2/c1-2-10(6,7)8-5-3(4)9/h2H2,1H3,(H3,4,5,9). The topological polar surface area (TPSA) is 81.4 Å². The van der Waals surface area contributed by atoms with Crippen molar-refractivity contribution in [3.63, 3.8) is 0 Å². The molecule has 0 aliphatic carbocycles. The second-order valence-electron chi connectivity index (χ2n) is 1.40. The van der Waals surface area contributed by atoms with Crippen LogP contribution < -0.4 is 11.2 Å². The summed E-state index contributed by atoms with van der Waals surface area (Å²) in [5.74, 6) is -0.122. The fraction of sp³-hybridized carbons (Fsp3) is 0.667. The van der Waals surface area contributed by atoms with Gasteiger partial charge in [0, 0.05) is 0 Å². The van der Waals surface area contributed by atoms with Gasteiger partial charge in [0.05, 0.1) is 5.75 Å². The van der Waals surface area contributed by atoms with E-state index >= 15 is 0 Å². The Kier molecular flexibility index (Phi) is 3.54. The van der Waals surface area contributed by atoms with Crippen LogP contribution in [0.5, 0.6) is 0 Å².